The van der Waals surface area contributed by atoms with Crippen LogP contribution in [0, 0.1) is 0 Å². The van der Waals surface area contributed by atoms with Crippen molar-refractivity contribution in [2.24, 2.45) is 0 Å². The van der Waals surface area contributed by atoms with Crippen molar-refractivity contribution in [2.75, 3.05) is 13.3 Å². The van der Waals surface area contributed by atoms with E-state index >= 15 is 0 Å². The Hall–Kier alpha value is -4.19. The summed E-state index contributed by atoms with van der Waals surface area (Å²) in [6.45, 7) is 3.74. The minimum atomic E-state index is -2.53. The van der Waals surface area contributed by atoms with Crippen molar-refractivity contribution < 1.29 is 4.57 Å². The molecule has 2 heteroatoms. The van der Waals surface area contributed by atoms with Crippen LogP contribution in [-0.2, 0) is 4.57 Å². The van der Waals surface area contributed by atoms with Gasteiger partial charge in [-0.25, -0.2) is 0 Å². The molecule has 0 heterocycles. The second-order valence-electron chi connectivity index (χ2n) is 10.5. The Kier molecular flexibility index (Phi) is 5.25. The van der Waals surface area contributed by atoms with Gasteiger partial charge in [0.1, 0.15) is 7.14 Å². The van der Waals surface area contributed by atoms with Gasteiger partial charge < -0.3 is 4.57 Å². The van der Waals surface area contributed by atoms with Crippen LogP contribution in [-0.4, -0.2) is 13.3 Å². The van der Waals surface area contributed by atoms with Crippen molar-refractivity contribution in [3.63, 3.8) is 0 Å². The highest BCUT2D eigenvalue weighted by molar-refractivity contribution is 7.70. The fourth-order valence-corrected chi connectivity index (χ4v) is 6.72. The zero-order chi connectivity index (χ0) is 25.9. The first-order valence-electron chi connectivity index (χ1n) is 13.0. The number of hydrogen-bond acceptors (Lipinski definition) is 1. The fraction of sp³-hybridized carbons (Fsp3) is 0.0556. The molecule has 0 N–H and O–H groups in total. The first-order valence-corrected chi connectivity index (χ1v) is 15.6. The molecule has 0 aliphatic heterocycles. The highest BCUT2D eigenvalue weighted by Crippen LogP contribution is 2.42. The summed E-state index contributed by atoms with van der Waals surface area (Å²) in [7, 11) is -2.53. The lowest BCUT2D eigenvalue weighted by Crippen LogP contribution is -2.04. The molecule has 0 saturated heterocycles. The summed E-state index contributed by atoms with van der Waals surface area (Å²) >= 11 is 0. The molecule has 0 aliphatic rings. The van der Waals surface area contributed by atoms with Crippen LogP contribution in [0.2, 0.25) is 0 Å². The zero-order valence-corrected chi connectivity index (χ0v) is 22.4. The third-order valence-corrected chi connectivity index (χ3v) is 9.20. The van der Waals surface area contributed by atoms with Gasteiger partial charge >= 0.3 is 0 Å². The van der Waals surface area contributed by atoms with Crippen molar-refractivity contribution in [1.29, 1.82) is 0 Å². The molecule has 0 saturated carbocycles. The number of fused-ring (bicyclic) bond motifs is 6. The van der Waals surface area contributed by atoms with Gasteiger partial charge in [-0.2, -0.15) is 0 Å². The first kappa shape index (κ1) is 23.0. The molecule has 7 rings (SSSR count). The molecule has 1 nitrogen and oxygen atoms in total. The molecule has 38 heavy (non-hydrogen) atoms. The quantitative estimate of drug-likeness (QED) is 0.172. The Bertz CT molecular complexity index is 1940. The molecule has 7 aromatic carbocycles. The lowest BCUT2D eigenvalue weighted by molar-refractivity contribution is 0.588. The molecule has 0 unspecified atom stereocenters. The number of hydrogen-bond donors (Lipinski definition) is 0. The van der Waals surface area contributed by atoms with E-state index in [9.17, 15) is 4.57 Å². The monoisotopic (exact) mass is 506 g/mol. The van der Waals surface area contributed by atoms with Crippen molar-refractivity contribution >= 4 is 55.5 Å². The highest BCUT2D eigenvalue weighted by Gasteiger charge is 2.18. The maximum Gasteiger partial charge on any atom is 0.109 e. The molecule has 0 spiro atoms. The van der Waals surface area contributed by atoms with Gasteiger partial charge in [0, 0.05) is 5.30 Å². The van der Waals surface area contributed by atoms with E-state index in [1.54, 1.807) is 0 Å². The summed E-state index contributed by atoms with van der Waals surface area (Å²) in [5.74, 6) is 0. The zero-order valence-electron chi connectivity index (χ0n) is 21.5. The van der Waals surface area contributed by atoms with E-state index in [0.29, 0.717) is 0 Å². The Labute approximate surface area is 222 Å². The Morgan fingerprint density at radius 1 is 0.421 bits per heavy atom. The Morgan fingerprint density at radius 2 is 0.789 bits per heavy atom. The lowest BCUT2D eigenvalue weighted by atomic mass is 9.89. The summed E-state index contributed by atoms with van der Waals surface area (Å²) in [5.41, 5.74) is 4.53. The minimum Gasteiger partial charge on any atom is -0.319 e. The molecule has 0 amide bonds. The summed E-state index contributed by atoms with van der Waals surface area (Å²) < 4.78 is 13.5. The highest BCUT2D eigenvalue weighted by atomic mass is 31.2. The standard InChI is InChI=1S/C36H27OP/c1-38(2,37)28-20-26(35-22-24-11-3-5-13-29(24)31-15-7-9-17-33(31)35)19-27(21-28)36-23-25-12-4-6-14-30(25)32-16-8-10-18-34(32)36/h3-23H,1-2H3. The van der Waals surface area contributed by atoms with Gasteiger partial charge in [0.25, 0.3) is 0 Å². The van der Waals surface area contributed by atoms with Crippen molar-refractivity contribution in [3.8, 4) is 22.3 Å². The smallest absolute Gasteiger partial charge is 0.109 e. The normalized spacial score (nSPS) is 12.1. The van der Waals surface area contributed by atoms with Gasteiger partial charge in [0.15, 0.2) is 0 Å². The van der Waals surface area contributed by atoms with Gasteiger partial charge in [-0.15, -0.1) is 0 Å². The predicted octanol–water partition coefficient (Wildman–Crippen LogP) is 9.88. The molecule has 0 fully saturated rings. The van der Waals surface area contributed by atoms with Gasteiger partial charge in [-0.3, -0.25) is 0 Å². The molecule has 0 radical (unpaired) electrons. The van der Waals surface area contributed by atoms with Crippen LogP contribution in [0.1, 0.15) is 0 Å². The average Bonchev–Trinajstić information content (AvgIpc) is 2.95. The second kappa shape index (κ2) is 8.69. The van der Waals surface area contributed by atoms with Gasteiger partial charge in [-0.1, -0.05) is 97.1 Å². The van der Waals surface area contributed by atoms with Crippen LogP contribution in [0.15, 0.2) is 127 Å². The lowest BCUT2D eigenvalue weighted by Gasteiger charge is -2.17. The average molecular weight is 507 g/mol. The minimum absolute atomic E-state index is 0.902. The largest absolute Gasteiger partial charge is 0.319 e. The summed E-state index contributed by atoms with van der Waals surface area (Å²) in [6.07, 6.45) is 0. The van der Waals surface area contributed by atoms with E-state index in [-0.39, 0.29) is 0 Å². The van der Waals surface area contributed by atoms with E-state index in [1.165, 1.54) is 54.2 Å². The molecule has 0 atom stereocenters. The van der Waals surface area contributed by atoms with E-state index in [2.05, 4.69) is 127 Å². The third kappa shape index (κ3) is 3.74. The van der Waals surface area contributed by atoms with Gasteiger partial charge in [0.2, 0.25) is 0 Å². The van der Waals surface area contributed by atoms with E-state index in [4.69, 9.17) is 0 Å². The molecular weight excluding hydrogens is 479 g/mol. The van der Waals surface area contributed by atoms with E-state index in [0.717, 1.165) is 16.4 Å². The maximum absolute atomic E-state index is 13.5. The van der Waals surface area contributed by atoms with Gasteiger partial charge in [0.05, 0.1) is 0 Å². The molecule has 7 aromatic rings. The second-order valence-corrected chi connectivity index (χ2v) is 13.7. The van der Waals surface area contributed by atoms with Crippen LogP contribution < -0.4 is 5.30 Å². The summed E-state index contributed by atoms with van der Waals surface area (Å²) in [5, 5.41) is 10.7. The Balaban J connectivity index is 1.58. The molecule has 0 bridgehead atoms. The number of benzene rings is 7. The third-order valence-electron chi connectivity index (χ3n) is 7.70. The van der Waals surface area contributed by atoms with Crippen molar-refractivity contribution in [3.05, 3.63) is 127 Å². The van der Waals surface area contributed by atoms with Crippen LogP contribution in [0.25, 0.3) is 65.3 Å². The van der Waals surface area contributed by atoms with Gasteiger partial charge in [-0.05, 0) is 109 Å². The molecule has 0 aliphatic carbocycles. The van der Waals surface area contributed by atoms with E-state index in [1.807, 2.05) is 13.3 Å². The van der Waals surface area contributed by atoms with Crippen molar-refractivity contribution in [1.82, 2.24) is 0 Å². The predicted molar refractivity (Wildman–Crippen MR) is 166 cm³/mol. The fourth-order valence-electron chi connectivity index (χ4n) is 5.82. The topological polar surface area (TPSA) is 17.1 Å². The van der Waals surface area contributed by atoms with Crippen LogP contribution in [0.4, 0.5) is 0 Å². The first-order chi connectivity index (χ1) is 18.5. The summed E-state index contributed by atoms with van der Waals surface area (Å²) in [6, 6.07) is 45.5. The van der Waals surface area contributed by atoms with Crippen LogP contribution >= 0.6 is 7.14 Å². The molecular formula is C36H27OP. The van der Waals surface area contributed by atoms with Crippen molar-refractivity contribution in [2.45, 2.75) is 0 Å². The van der Waals surface area contributed by atoms with Crippen LogP contribution in [0.5, 0.6) is 0 Å². The number of rotatable bonds is 3. The van der Waals surface area contributed by atoms with E-state index < -0.39 is 7.14 Å². The molecule has 182 valence electrons. The SMILES string of the molecule is CP(C)(=O)c1cc(-c2cc3ccccc3c3ccccc23)cc(-c2cc3ccccc3c3ccccc23)c1. The maximum atomic E-state index is 13.5. The summed E-state index contributed by atoms with van der Waals surface area (Å²) in [4.78, 5) is 0. The van der Waals surface area contributed by atoms with Crippen LogP contribution in [0.3, 0.4) is 0 Å². The Morgan fingerprint density at radius 3 is 1.21 bits per heavy atom. The molecule has 0 aromatic heterocycles.